The minimum absolute atomic E-state index is 0.118. The van der Waals surface area contributed by atoms with Crippen LogP contribution in [-0.4, -0.2) is 25.5 Å². The van der Waals surface area contributed by atoms with Crippen LogP contribution >= 0.6 is 15.9 Å². The fourth-order valence-electron chi connectivity index (χ4n) is 1.33. The number of nitrogens with zero attached hydrogens (tertiary/aromatic N) is 1. The lowest BCUT2D eigenvalue weighted by Crippen LogP contribution is -2.20. The van der Waals surface area contributed by atoms with E-state index in [-0.39, 0.29) is 6.04 Å². The summed E-state index contributed by atoms with van der Waals surface area (Å²) in [6, 6.07) is 8.25. The number of halogens is 1. The van der Waals surface area contributed by atoms with Crippen LogP contribution in [0.15, 0.2) is 28.7 Å². The van der Waals surface area contributed by atoms with Gasteiger partial charge in [-0.15, -0.1) is 0 Å². The van der Waals surface area contributed by atoms with Gasteiger partial charge >= 0.3 is 0 Å². The van der Waals surface area contributed by atoms with Crippen molar-refractivity contribution in [3.63, 3.8) is 0 Å². The summed E-state index contributed by atoms with van der Waals surface area (Å²) in [5.74, 6) is 0. The first kappa shape index (κ1) is 11.7. The van der Waals surface area contributed by atoms with E-state index in [2.05, 4.69) is 41.0 Å². The Morgan fingerprint density at radius 1 is 1.36 bits per heavy atom. The molecule has 0 spiro atoms. The lowest BCUT2D eigenvalue weighted by atomic mass is 10.0. The molecule has 2 nitrogen and oxygen atoms in total. The molecule has 1 aromatic rings. The van der Waals surface area contributed by atoms with Gasteiger partial charge in [-0.3, -0.25) is 0 Å². The zero-order chi connectivity index (χ0) is 10.6. The number of nitrogens with two attached hydrogens (primary N) is 1. The van der Waals surface area contributed by atoms with Crippen molar-refractivity contribution in [1.82, 2.24) is 4.90 Å². The first-order valence-corrected chi connectivity index (χ1v) is 5.55. The van der Waals surface area contributed by atoms with Crippen molar-refractivity contribution in [3.05, 3.63) is 34.3 Å². The van der Waals surface area contributed by atoms with Crippen molar-refractivity contribution >= 4 is 15.9 Å². The molecule has 3 heteroatoms. The van der Waals surface area contributed by atoms with Crippen LogP contribution in [-0.2, 0) is 0 Å². The van der Waals surface area contributed by atoms with Crippen molar-refractivity contribution in [2.24, 2.45) is 5.73 Å². The van der Waals surface area contributed by atoms with E-state index < -0.39 is 0 Å². The molecule has 0 aliphatic carbocycles. The molecule has 2 N–H and O–H groups in total. The van der Waals surface area contributed by atoms with Crippen LogP contribution in [0.3, 0.4) is 0 Å². The van der Waals surface area contributed by atoms with Gasteiger partial charge in [-0.05, 0) is 38.7 Å². The van der Waals surface area contributed by atoms with Crippen LogP contribution in [0.5, 0.6) is 0 Å². The second-order valence-electron chi connectivity index (χ2n) is 3.72. The molecule has 14 heavy (non-hydrogen) atoms. The molecule has 0 amide bonds. The minimum atomic E-state index is 0.118. The van der Waals surface area contributed by atoms with Crippen molar-refractivity contribution in [3.8, 4) is 0 Å². The van der Waals surface area contributed by atoms with Crippen molar-refractivity contribution in [2.45, 2.75) is 12.5 Å². The number of hydrogen-bond donors (Lipinski definition) is 1. The molecule has 0 radical (unpaired) electrons. The van der Waals surface area contributed by atoms with Gasteiger partial charge < -0.3 is 10.6 Å². The van der Waals surface area contributed by atoms with E-state index >= 15 is 0 Å². The standard InChI is InChI=1S/C11H17BrN2/c1-14(2)8-7-11(13)9-5-3-4-6-10(9)12/h3-6,11H,7-8,13H2,1-2H3. The van der Waals surface area contributed by atoms with Gasteiger partial charge in [0.15, 0.2) is 0 Å². The molecule has 0 bridgehead atoms. The molecule has 0 aromatic heterocycles. The second-order valence-corrected chi connectivity index (χ2v) is 4.57. The van der Waals surface area contributed by atoms with Crippen molar-refractivity contribution < 1.29 is 0 Å². The highest BCUT2D eigenvalue weighted by molar-refractivity contribution is 9.10. The highest BCUT2D eigenvalue weighted by Gasteiger charge is 2.08. The molecule has 0 fully saturated rings. The Morgan fingerprint density at radius 3 is 2.57 bits per heavy atom. The van der Waals surface area contributed by atoms with Gasteiger partial charge in [0.05, 0.1) is 0 Å². The first-order valence-electron chi connectivity index (χ1n) is 4.76. The van der Waals surface area contributed by atoms with Crippen LogP contribution in [0.4, 0.5) is 0 Å². The number of rotatable bonds is 4. The van der Waals surface area contributed by atoms with Gasteiger partial charge in [0, 0.05) is 10.5 Å². The summed E-state index contributed by atoms with van der Waals surface area (Å²) in [7, 11) is 4.12. The lowest BCUT2D eigenvalue weighted by Gasteiger charge is -2.16. The van der Waals surface area contributed by atoms with Gasteiger partial charge in [-0.25, -0.2) is 0 Å². The first-order chi connectivity index (χ1) is 6.61. The maximum atomic E-state index is 6.09. The summed E-state index contributed by atoms with van der Waals surface area (Å²) >= 11 is 3.51. The molecule has 0 aliphatic heterocycles. The van der Waals surface area contributed by atoms with E-state index in [9.17, 15) is 0 Å². The number of benzene rings is 1. The predicted molar refractivity (Wildman–Crippen MR) is 64.2 cm³/mol. The van der Waals surface area contributed by atoms with Crippen LogP contribution in [0.2, 0.25) is 0 Å². The zero-order valence-electron chi connectivity index (χ0n) is 8.70. The number of hydrogen-bond acceptors (Lipinski definition) is 2. The highest BCUT2D eigenvalue weighted by Crippen LogP contribution is 2.23. The van der Waals surface area contributed by atoms with Crippen LogP contribution in [0, 0.1) is 0 Å². The Bertz CT molecular complexity index is 286. The van der Waals surface area contributed by atoms with Crippen LogP contribution in [0.1, 0.15) is 18.0 Å². The lowest BCUT2D eigenvalue weighted by molar-refractivity contribution is 0.382. The molecule has 0 heterocycles. The van der Waals surface area contributed by atoms with E-state index in [1.54, 1.807) is 0 Å². The van der Waals surface area contributed by atoms with Crippen molar-refractivity contribution in [1.29, 1.82) is 0 Å². The summed E-state index contributed by atoms with van der Waals surface area (Å²) < 4.78 is 1.10. The van der Waals surface area contributed by atoms with Crippen LogP contribution < -0.4 is 5.73 Å². The van der Waals surface area contributed by atoms with E-state index in [1.807, 2.05) is 18.2 Å². The van der Waals surface area contributed by atoms with Gasteiger partial charge in [-0.1, -0.05) is 34.1 Å². The van der Waals surface area contributed by atoms with Gasteiger partial charge in [0.1, 0.15) is 0 Å². The van der Waals surface area contributed by atoms with Gasteiger partial charge in [-0.2, -0.15) is 0 Å². The van der Waals surface area contributed by atoms with E-state index in [0.717, 1.165) is 17.4 Å². The SMILES string of the molecule is CN(C)CCC(N)c1ccccc1Br. The topological polar surface area (TPSA) is 29.3 Å². The summed E-state index contributed by atoms with van der Waals surface area (Å²) in [6.45, 7) is 1.02. The van der Waals surface area contributed by atoms with E-state index in [4.69, 9.17) is 5.73 Å². The third kappa shape index (κ3) is 3.40. The summed E-state index contributed by atoms with van der Waals surface area (Å²) in [4.78, 5) is 2.15. The molecule has 78 valence electrons. The van der Waals surface area contributed by atoms with Gasteiger partial charge in [0.25, 0.3) is 0 Å². The monoisotopic (exact) mass is 256 g/mol. The van der Waals surface area contributed by atoms with E-state index in [1.165, 1.54) is 5.56 Å². The summed E-state index contributed by atoms with van der Waals surface area (Å²) in [5, 5.41) is 0. The molecule has 1 atom stereocenters. The minimum Gasteiger partial charge on any atom is -0.324 e. The Morgan fingerprint density at radius 2 is 2.00 bits per heavy atom. The van der Waals surface area contributed by atoms with E-state index in [0.29, 0.717) is 0 Å². The normalized spacial score (nSPS) is 13.2. The molecule has 1 aromatic carbocycles. The quantitative estimate of drug-likeness (QED) is 0.897. The Kier molecular flexibility index (Phi) is 4.58. The molecule has 0 aliphatic rings. The Labute approximate surface area is 94.2 Å². The predicted octanol–water partition coefficient (Wildman–Crippen LogP) is 2.40. The van der Waals surface area contributed by atoms with Crippen LogP contribution in [0.25, 0.3) is 0 Å². The summed E-state index contributed by atoms with van der Waals surface area (Å²) in [6.07, 6.45) is 0.982. The fraction of sp³-hybridized carbons (Fsp3) is 0.455. The molecule has 1 rings (SSSR count). The molecule has 1 unspecified atom stereocenters. The Balaban J connectivity index is 2.60. The molecular formula is C11H17BrN2. The largest absolute Gasteiger partial charge is 0.324 e. The smallest absolute Gasteiger partial charge is 0.0318 e. The highest BCUT2D eigenvalue weighted by atomic mass is 79.9. The summed E-state index contributed by atoms with van der Waals surface area (Å²) in [5.41, 5.74) is 7.28. The maximum absolute atomic E-state index is 6.09. The van der Waals surface area contributed by atoms with Gasteiger partial charge in [0.2, 0.25) is 0 Å². The average molecular weight is 257 g/mol. The third-order valence-electron chi connectivity index (χ3n) is 2.19. The third-order valence-corrected chi connectivity index (χ3v) is 2.91. The average Bonchev–Trinajstić information content (AvgIpc) is 2.15. The zero-order valence-corrected chi connectivity index (χ0v) is 10.3. The molecule has 0 saturated carbocycles. The van der Waals surface area contributed by atoms with Crippen molar-refractivity contribution in [2.75, 3.05) is 20.6 Å². The Hall–Kier alpha value is -0.380. The second kappa shape index (κ2) is 5.49. The molecular weight excluding hydrogens is 240 g/mol. The molecule has 0 saturated heterocycles. The fourth-order valence-corrected chi connectivity index (χ4v) is 1.91. The maximum Gasteiger partial charge on any atom is 0.0318 e.